The van der Waals surface area contributed by atoms with Gasteiger partial charge in [-0.2, -0.15) is 10.2 Å². The van der Waals surface area contributed by atoms with E-state index in [1.165, 1.54) is 0 Å². The lowest BCUT2D eigenvalue weighted by Gasteiger charge is -2.15. The Morgan fingerprint density at radius 1 is 1.28 bits per heavy atom. The number of benzene rings is 1. The Balaban J connectivity index is 1.99. The Bertz CT molecular complexity index is 1060. The van der Waals surface area contributed by atoms with Crippen molar-refractivity contribution in [2.75, 3.05) is 14.2 Å². The molecule has 3 rings (SSSR count). The van der Waals surface area contributed by atoms with Crippen LogP contribution in [-0.2, 0) is 16.9 Å². The van der Waals surface area contributed by atoms with E-state index in [0.29, 0.717) is 35.0 Å². The van der Waals surface area contributed by atoms with Gasteiger partial charge in [-0.15, -0.1) is 0 Å². The zero-order valence-electron chi connectivity index (χ0n) is 16.9. The molecule has 2 aromatic heterocycles. The summed E-state index contributed by atoms with van der Waals surface area (Å²) in [5.74, 6) is 1.66. The number of fused-ring (bicyclic) bond motifs is 1. The molecular weight excluding hydrogens is 388 g/mol. The van der Waals surface area contributed by atoms with E-state index in [1.807, 2.05) is 38.6 Å². The monoisotopic (exact) mass is 411 g/mol. The number of hydrogen-bond donors (Lipinski definition) is 0. The normalized spacial score (nSPS) is 12.0. The second kappa shape index (κ2) is 9.16. The molecule has 151 valence electrons. The van der Waals surface area contributed by atoms with Crippen molar-refractivity contribution in [2.45, 2.75) is 37.6 Å². The maximum atomic E-state index is 13.3. The van der Waals surface area contributed by atoms with Gasteiger partial charge in [0.05, 0.1) is 43.6 Å². The van der Waals surface area contributed by atoms with Crippen LogP contribution in [0.4, 0.5) is 0 Å². The van der Waals surface area contributed by atoms with Crippen molar-refractivity contribution < 1.29 is 14.0 Å². The van der Waals surface area contributed by atoms with Crippen molar-refractivity contribution in [3.63, 3.8) is 0 Å². The van der Waals surface area contributed by atoms with E-state index >= 15 is 0 Å². The van der Waals surface area contributed by atoms with E-state index in [0.717, 1.165) is 22.4 Å². The van der Waals surface area contributed by atoms with Crippen molar-refractivity contribution >= 4 is 22.2 Å². The lowest BCUT2D eigenvalue weighted by Crippen LogP contribution is -2.14. The van der Waals surface area contributed by atoms with Crippen LogP contribution in [0, 0.1) is 31.7 Å². The minimum Gasteiger partial charge on any atom is -0.609 e. The summed E-state index contributed by atoms with van der Waals surface area (Å²) >= 11 is -1.44. The van der Waals surface area contributed by atoms with Gasteiger partial charge in [-0.25, -0.2) is 0 Å². The van der Waals surface area contributed by atoms with Crippen molar-refractivity contribution in [3.05, 3.63) is 47.8 Å². The van der Waals surface area contributed by atoms with Crippen LogP contribution < -0.4 is 9.47 Å². The molecule has 0 aliphatic rings. The lowest BCUT2D eigenvalue weighted by atomic mass is 10.1. The average Bonchev–Trinajstić information content (AvgIpc) is 3.08. The Kier molecular flexibility index (Phi) is 6.62. The topological polar surface area (TPSA) is 96.0 Å². The van der Waals surface area contributed by atoms with Gasteiger partial charge in [-0.1, -0.05) is 0 Å². The second-order valence-corrected chi connectivity index (χ2v) is 7.88. The molecule has 0 amide bonds. The number of rotatable bonds is 8. The molecule has 0 aliphatic heterocycles. The number of pyridine rings is 1. The van der Waals surface area contributed by atoms with E-state index in [1.54, 1.807) is 25.0 Å². The van der Waals surface area contributed by atoms with Crippen molar-refractivity contribution in [2.24, 2.45) is 0 Å². The summed E-state index contributed by atoms with van der Waals surface area (Å²) in [6.45, 7) is 5.69. The van der Waals surface area contributed by atoms with E-state index in [2.05, 4.69) is 16.0 Å². The first kappa shape index (κ1) is 21.0. The number of imidazole rings is 1. The molecule has 1 aromatic carbocycles. The Hall–Kier alpha value is -2.76. The molecule has 1 atom stereocenters. The van der Waals surface area contributed by atoms with Gasteiger partial charge in [0.25, 0.3) is 0 Å². The molecule has 0 saturated heterocycles. The zero-order chi connectivity index (χ0) is 21.0. The molecule has 1 unspecified atom stereocenters. The second-order valence-electron chi connectivity index (χ2n) is 6.53. The molecule has 0 bridgehead atoms. The summed E-state index contributed by atoms with van der Waals surface area (Å²) < 4.78 is 25.8. The van der Waals surface area contributed by atoms with Gasteiger partial charge in [0.15, 0.2) is 5.75 Å². The van der Waals surface area contributed by atoms with E-state index in [9.17, 15) is 4.55 Å². The molecule has 0 N–H and O–H groups in total. The predicted octanol–water partition coefficient (Wildman–Crippen LogP) is 3.69. The van der Waals surface area contributed by atoms with Gasteiger partial charge < -0.3 is 14.0 Å². The Morgan fingerprint density at radius 2 is 2.07 bits per heavy atom. The van der Waals surface area contributed by atoms with Crippen LogP contribution in [0.1, 0.15) is 29.7 Å². The summed E-state index contributed by atoms with van der Waals surface area (Å²) in [5, 5.41) is 9.29. The minimum atomic E-state index is -1.44. The highest BCUT2D eigenvalue weighted by molar-refractivity contribution is 7.90. The number of aryl methyl sites for hydroxylation is 1. The zero-order valence-corrected chi connectivity index (χ0v) is 17.7. The standard InChI is InChI=1S/C21H23N4O3S/c1-14-12-23-18(15(2)20(14)28-4)13-29(26)21-24-17-8-7-16(27-3)11-19(17)25(21)10-6-5-9-22/h7-8,10-12H,5-6,13H2,1-4H3. The summed E-state index contributed by atoms with van der Waals surface area (Å²) in [5.41, 5.74) is 4.02. The lowest BCUT2D eigenvalue weighted by molar-refractivity contribution is 0.407. The fourth-order valence-electron chi connectivity index (χ4n) is 3.18. The van der Waals surface area contributed by atoms with Crippen LogP contribution in [0.3, 0.4) is 0 Å². The minimum absolute atomic E-state index is 0.217. The molecule has 29 heavy (non-hydrogen) atoms. The van der Waals surface area contributed by atoms with Gasteiger partial charge in [0, 0.05) is 41.0 Å². The summed E-state index contributed by atoms with van der Waals surface area (Å²) in [4.78, 5) is 9.04. The third-order valence-corrected chi connectivity index (χ3v) is 5.88. The fraction of sp³-hybridized carbons (Fsp3) is 0.333. The van der Waals surface area contributed by atoms with Crippen molar-refractivity contribution in [3.8, 4) is 17.6 Å². The first-order valence-corrected chi connectivity index (χ1v) is 10.5. The molecule has 0 fully saturated rings. The molecular formula is C21H23N4O3S. The SMILES string of the molecule is COc1ccc2nc([S+]([O-])Cc3ncc(C)c(OC)c3C)n([CH]CCC#N)c2c1. The van der Waals surface area contributed by atoms with Crippen LogP contribution in [0.15, 0.2) is 29.6 Å². The van der Waals surface area contributed by atoms with Crippen LogP contribution in [0.25, 0.3) is 11.0 Å². The van der Waals surface area contributed by atoms with Crippen molar-refractivity contribution in [1.82, 2.24) is 14.5 Å². The van der Waals surface area contributed by atoms with Crippen LogP contribution in [0.2, 0.25) is 0 Å². The molecule has 1 radical (unpaired) electrons. The quantitative estimate of drug-likeness (QED) is 0.414. The molecule has 3 aromatic rings. The van der Waals surface area contributed by atoms with Gasteiger partial charge >= 0.3 is 5.16 Å². The molecule has 0 saturated carbocycles. The maximum Gasteiger partial charge on any atom is 0.324 e. The van der Waals surface area contributed by atoms with Gasteiger partial charge in [-0.05, 0) is 32.4 Å². The van der Waals surface area contributed by atoms with Crippen LogP contribution in [-0.4, -0.2) is 33.3 Å². The number of ether oxygens (including phenoxy) is 2. The molecule has 0 spiro atoms. The largest absolute Gasteiger partial charge is 0.609 e. The van der Waals surface area contributed by atoms with E-state index in [4.69, 9.17) is 14.7 Å². The number of methoxy groups -OCH3 is 2. The number of nitriles is 1. The third-order valence-electron chi connectivity index (χ3n) is 4.65. The highest BCUT2D eigenvalue weighted by Crippen LogP contribution is 2.29. The van der Waals surface area contributed by atoms with Gasteiger partial charge in [-0.3, -0.25) is 9.55 Å². The van der Waals surface area contributed by atoms with E-state index in [-0.39, 0.29) is 5.75 Å². The van der Waals surface area contributed by atoms with Gasteiger partial charge in [0.2, 0.25) is 0 Å². The number of unbranched alkanes of at least 4 members (excludes halogenated alkanes) is 1. The van der Waals surface area contributed by atoms with Gasteiger partial charge in [0.1, 0.15) is 11.5 Å². The fourth-order valence-corrected chi connectivity index (χ4v) is 4.44. The van der Waals surface area contributed by atoms with Crippen LogP contribution in [0.5, 0.6) is 11.5 Å². The molecule has 8 heteroatoms. The third kappa shape index (κ3) is 4.31. The smallest absolute Gasteiger partial charge is 0.324 e. The maximum absolute atomic E-state index is 13.3. The Morgan fingerprint density at radius 3 is 2.76 bits per heavy atom. The molecule has 2 heterocycles. The van der Waals surface area contributed by atoms with Crippen LogP contribution >= 0.6 is 0 Å². The highest BCUT2D eigenvalue weighted by Gasteiger charge is 2.25. The summed E-state index contributed by atoms with van der Waals surface area (Å²) in [7, 11) is 3.21. The average molecular weight is 412 g/mol. The Labute approximate surface area is 173 Å². The first-order valence-electron chi connectivity index (χ1n) is 9.13. The van der Waals surface area contributed by atoms with Crippen molar-refractivity contribution in [1.29, 1.82) is 5.26 Å². The summed E-state index contributed by atoms with van der Waals surface area (Å²) in [6.07, 6.45) is 2.62. The number of nitrogens with zero attached hydrogens (tertiary/aromatic N) is 4. The first-order chi connectivity index (χ1) is 14.0. The highest BCUT2D eigenvalue weighted by atomic mass is 32.2. The predicted molar refractivity (Wildman–Crippen MR) is 111 cm³/mol. The summed E-state index contributed by atoms with van der Waals surface area (Å²) in [6, 6.07) is 7.63. The van der Waals surface area contributed by atoms with E-state index < -0.39 is 11.2 Å². The number of aromatic nitrogens is 3. The number of hydrogen-bond acceptors (Lipinski definition) is 6. The molecule has 0 aliphatic carbocycles. The molecule has 7 nitrogen and oxygen atoms in total.